The number of hydrogen-bond acceptors (Lipinski definition) is 11. The van der Waals surface area contributed by atoms with Crippen LogP contribution in [0.4, 0.5) is 0 Å². The number of ether oxygens (including phenoxy) is 4. The predicted molar refractivity (Wildman–Crippen MR) is 194 cm³/mol. The largest absolute Gasteiger partial charge is 0.460 e. The van der Waals surface area contributed by atoms with Crippen molar-refractivity contribution in [2.75, 3.05) is 67.0 Å². The lowest BCUT2D eigenvalue weighted by atomic mass is 9.74. The summed E-state index contributed by atoms with van der Waals surface area (Å²) in [4.78, 5) is 51.4. The molecule has 0 aromatic rings. The first kappa shape index (κ1) is 42.7. The zero-order chi connectivity index (χ0) is 37.7. The van der Waals surface area contributed by atoms with Crippen molar-refractivity contribution < 1.29 is 38.4 Å². The normalized spacial score (nSPS) is 37.3. The third-order valence-corrected chi connectivity index (χ3v) is 11.1. The minimum Gasteiger partial charge on any atom is -0.460 e. The van der Waals surface area contributed by atoms with Gasteiger partial charge in [-0.3, -0.25) is 24.2 Å². The number of carbonyl (C=O) groups is 3. The van der Waals surface area contributed by atoms with Crippen molar-refractivity contribution in [3.8, 4) is 0 Å². The van der Waals surface area contributed by atoms with Crippen molar-refractivity contribution in [3.63, 3.8) is 0 Å². The molecule has 0 aromatic heterocycles. The van der Waals surface area contributed by atoms with Crippen molar-refractivity contribution in [1.82, 2.24) is 19.6 Å². The lowest BCUT2D eigenvalue weighted by Gasteiger charge is -2.47. The fourth-order valence-electron chi connectivity index (χ4n) is 8.39. The molecule has 0 radical (unpaired) electrons. The topological polar surface area (TPSA) is 121 Å². The van der Waals surface area contributed by atoms with Gasteiger partial charge >= 0.3 is 5.97 Å². The standard InChI is InChI=1S/C38H70N4O8/c1-14-15-42-23-25(4)21-38(10,47-13)33(50-35-31(43)29(39(11)12)20-26(5)48-35)27(6)32(44)37(8,9)36(46)49-28(7)30(42)34(45)41-18-16-40(17-19-41)22-24(2)3/h24-31,33,35,43H,14-23H2,1-13H3/t25-,26-,27+,28+,29+,30-,31-,33-,35+,38-/m1/s1. The van der Waals surface area contributed by atoms with E-state index in [1.54, 1.807) is 34.8 Å². The molecule has 10 atom stereocenters. The lowest BCUT2D eigenvalue weighted by Crippen LogP contribution is -2.60. The van der Waals surface area contributed by atoms with Gasteiger partial charge in [0.15, 0.2) is 12.1 Å². The number of aliphatic hydroxyl groups is 1. The van der Waals surface area contributed by atoms with Crippen molar-refractivity contribution in [3.05, 3.63) is 0 Å². The number of piperazine rings is 1. The number of esters is 1. The molecule has 1 amide bonds. The van der Waals surface area contributed by atoms with Gasteiger partial charge in [0, 0.05) is 58.3 Å². The number of methoxy groups -OCH3 is 1. The van der Waals surface area contributed by atoms with Gasteiger partial charge in [0.05, 0.1) is 17.8 Å². The van der Waals surface area contributed by atoms with Crippen LogP contribution in [-0.2, 0) is 33.3 Å². The minimum atomic E-state index is -1.55. The molecule has 0 bridgehead atoms. The summed E-state index contributed by atoms with van der Waals surface area (Å²) in [6.45, 7) is 24.2. The summed E-state index contributed by atoms with van der Waals surface area (Å²) in [5, 5.41) is 11.4. The van der Waals surface area contributed by atoms with E-state index in [9.17, 15) is 19.5 Å². The SMILES string of the molecule is CCCN1C[C@H](C)C[C@@](C)(OC)[C@H](O[C@@H]2O[C@H](C)C[C@H](N(C)C)[C@H]2O)[C@@H](C)C(=O)C(C)(C)C(=O)O[C@@H](C)[C@@H]1C(=O)N1CCN(CC(C)C)CC1. The second kappa shape index (κ2) is 17.9. The summed E-state index contributed by atoms with van der Waals surface area (Å²) in [5.74, 6) is -1.40. The fourth-order valence-corrected chi connectivity index (χ4v) is 8.39. The van der Waals surface area contributed by atoms with Gasteiger partial charge in [-0.25, -0.2) is 0 Å². The second-order valence-corrected chi connectivity index (χ2v) is 16.8. The number of hydrogen-bond donors (Lipinski definition) is 1. The van der Waals surface area contributed by atoms with Crippen LogP contribution >= 0.6 is 0 Å². The van der Waals surface area contributed by atoms with Crippen LogP contribution in [0, 0.1) is 23.2 Å². The smallest absolute Gasteiger partial charge is 0.319 e. The van der Waals surface area contributed by atoms with Crippen LogP contribution in [0.2, 0.25) is 0 Å². The van der Waals surface area contributed by atoms with Gasteiger partial charge in [-0.15, -0.1) is 0 Å². The molecule has 0 spiro atoms. The summed E-state index contributed by atoms with van der Waals surface area (Å²) in [5.41, 5.74) is -2.57. The van der Waals surface area contributed by atoms with Gasteiger partial charge in [-0.1, -0.05) is 34.6 Å². The number of carbonyl (C=O) groups excluding carboxylic acids is 3. The highest BCUT2D eigenvalue weighted by atomic mass is 16.7. The zero-order valence-corrected chi connectivity index (χ0v) is 33.4. The Bertz CT molecular complexity index is 1130. The molecule has 290 valence electrons. The first-order valence-electron chi connectivity index (χ1n) is 19.0. The van der Waals surface area contributed by atoms with Gasteiger partial charge in [-0.2, -0.15) is 0 Å². The molecule has 12 heteroatoms. The molecule has 50 heavy (non-hydrogen) atoms. The maximum Gasteiger partial charge on any atom is 0.319 e. The van der Waals surface area contributed by atoms with Crippen molar-refractivity contribution >= 4 is 17.7 Å². The van der Waals surface area contributed by atoms with E-state index in [1.807, 2.05) is 37.7 Å². The van der Waals surface area contributed by atoms with Gasteiger partial charge < -0.3 is 33.9 Å². The molecule has 0 aromatic carbocycles. The Hall–Kier alpha value is -1.67. The Morgan fingerprint density at radius 2 is 1.68 bits per heavy atom. The number of aliphatic hydroxyl groups excluding tert-OH is 1. The van der Waals surface area contributed by atoms with E-state index in [-0.39, 0.29) is 29.8 Å². The average molecular weight is 711 g/mol. The number of likely N-dealkylation sites (N-methyl/N-ethyl adjacent to an activating group) is 1. The Balaban J connectivity index is 2.03. The third-order valence-electron chi connectivity index (χ3n) is 11.1. The summed E-state index contributed by atoms with van der Waals surface area (Å²) in [6.07, 6.45) is -1.92. The Labute approximate surface area is 302 Å². The quantitative estimate of drug-likeness (QED) is 0.281. The van der Waals surface area contributed by atoms with E-state index < -0.39 is 53.5 Å². The monoisotopic (exact) mass is 711 g/mol. The number of amides is 1. The second-order valence-electron chi connectivity index (χ2n) is 16.8. The van der Waals surface area contributed by atoms with E-state index in [0.717, 1.165) is 26.1 Å². The molecule has 3 aliphatic heterocycles. The highest BCUT2D eigenvalue weighted by Crippen LogP contribution is 2.38. The molecule has 0 saturated carbocycles. The van der Waals surface area contributed by atoms with Crippen LogP contribution in [0.3, 0.4) is 0 Å². The van der Waals surface area contributed by atoms with E-state index in [4.69, 9.17) is 18.9 Å². The van der Waals surface area contributed by atoms with E-state index in [0.29, 0.717) is 44.9 Å². The Morgan fingerprint density at radius 1 is 1.06 bits per heavy atom. The van der Waals surface area contributed by atoms with Gasteiger partial charge in [-0.05, 0) is 86.4 Å². The highest BCUT2D eigenvalue weighted by Gasteiger charge is 2.52. The summed E-state index contributed by atoms with van der Waals surface area (Å²) in [7, 11) is 5.44. The fraction of sp³-hybridized carbons (Fsp3) is 0.921. The summed E-state index contributed by atoms with van der Waals surface area (Å²) in [6, 6.07) is -0.918. The molecule has 3 fully saturated rings. The maximum absolute atomic E-state index is 14.5. The van der Waals surface area contributed by atoms with E-state index in [2.05, 4.69) is 37.5 Å². The van der Waals surface area contributed by atoms with Crippen LogP contribution in [-0.4, -0.2) is 158 Å². The Kier molecular flexibility index (Phi) is 15.3. The van der Waals surface area contributed by atoms with Crippen molar-refractivity contribution in [2.45, 2.75) is 137 Å². The molecular weight excluding hydrogens is 640 g/mol. The van der Waals surface area contributed by atoms with E-state index >= 15 is 0 Å². The van der Waals surface area contributed by atoms with Crippen LogP contribution in [0.25, 0.3) is 0 Å². The Morgan fingerprint density at radius 3 is 2.22 bits per heavy atom. The molecule has 3 saturated heterocycles. The highest BCUT2D eigenvalue weighted by molar-refractivity contribution is 6.04. The first-order valence-corrected chi connectivity index (χ1v) is 19.0. The van der Waals surface area contributed by atoms with Crippen molar-refractivity contribution in [1.29, 1.82) is 0 Å². The number of Topliss-reactive ketones (excluding diaryl/α,β-unsaturated/α-hetero) is 1. The summed E-state index contributed by atoms with van der Waals surface area (Å²) >= 11 is 0. The molecule has 3 aliphatic rings. The van der Waals surface area contributed by atoms with E-state index in [1.165, 1.54) is 0 Å². The third kappa shape index (κ3) is 10.0. The zero-order valence-electron chi connectivity index (χ0n) is 33.4. The predicted octanol–water partition coefficient (Wildman–Crippen LogP) is 3.29. The van der Waals surface area contributed by atoms with Crippen LogP contribution in [0.15, 0.2) is 0 Å². The molecule has 1 N–H and O–H groups in total. The first-order chi connectivity index (χ1) is 23.3. The molecule has 12 nitrogen and oxygen atoms in total. The average Bonchev–Trinajstić information content (AvgIpc) is 3.03. The number of rotatable bonds is 9. The number of cyclic esters (lactones) is 1. The maximum atomic E-state index is 14.5. The molecule has 0 aliphatic carbocycles. The molecule has 3 heterocycles. The van der Waals surface area contributed by atoms with Crippen molar-refractivity contribution in [2.24, 2.45) is 23.2 Å². The van der Waals surface area contributed by atoms with Crippen LogP contribution < -0.4 is 0 Å². The van der Waals surface area contributed by atoms with Gasteiger partial charge in [0.25, 0.3) is 0 Å². The molecule has 0 unspecified atom stereocenters. The number of nitrogens with zero attached hydrogens (tertiary/aromatic N) is 4. The van der Waals surface area contributed by atoms with Crippen LogP contribution in [0.1, 0.15) is 88.5 Å². The lowest BCUT2D eigenvalue weighted by molar-refractivity contribution is -0.295. The molecule has 3 rings (SSSR count). The number of ketones is 1. The summed E-state index contributed by atoms with van der Waals surface area (Å²) < 4.78 is 25.3. The molecular formula is C38H70N4O8. The van der Waals surface area contributed by atoms with Gasteiger partial charge in [0.1, 0.15) is 23.7 Å². The van der Waals surface area contributed by atoms with Crippen LogP contribution in [0.5, 0.6) is 0 Å². The minimum absolute atomic E-state index is 0.0135. The van der Waals surface area contributed by atoms with Gasteiger partial charge in [0.2, 0.25) is 5.91 Å².